The van der Waals surface area contributed by atoms with Gasteiger partial charge in [-0.1, -0.05) is 6.92 Å². The zero-order chi connectivity index (χ0) is 12.1. The smallest absolute Gasteiger partial charge is 0.230 e. The molecule has 1 aromatic carbocycles. The van der Waals surface area contributed by atoms with E-state index in [0.29, 0.717) is 12.1 Å². The second-order valence-electron chi connectivity index (χ2n) is 3.32. The number of nitrogen functional groups attached to an aromatic ring is 1. The first kappa shape index (κ1) is 12.7. The Morgan fingerprint density at radius 2 is 2.25 bits per heavy atom. The highest BCUT2D eigenvalue weighted by molar-refractivity contribution is 8.00. The van der Waals surface area contributed by atoms with Crippen LogP contribution in [0, 0.1) is 0 Å². The van der Waals surface area contributed by atoms with Crippen LogP contribution in [0.15, 0.2) is 23.1 Å². The highest BCUT2D eigenvalue weighted by Gasteiger charge is 2.16. The highest BCUT2D eigenvalue weighted by Crippen LogP contribution is 2.32. The molecule has 1 unspecified atom stereocenters. The van der Waals surface area contributed by atoms with Crippen molar-refractivity contribution in [3.8, 4) is 5.75 Å². The number of carbonyl (C=O) groups excluding carboxylic acids is 1. The summed E-state index contributed by atoms with van der Waals surface area (Å²) in [5.74, 6) is 0.394. The fourth-order valence-corrected chi connectivity index (χ4v) is 2.22. The molecule has 0 heterocycles. The summed E-state index contributed by atoms with van der Waals surface area (Å²) in [6.07, 6.45) is 0.677. The molecule has 0 radical (unpaired) electrons. The van der Waals surface area contributed by atoms with E-state index < -0.39 is 0 Å². The molecule has 0 saturated carbocycles. The van der Waals surface area contributed by atoms with Crippen molar-refractivity contribution in [3.05, 3.63) is 18.2 Å². The summed E-state index contributed by atoms with van der Waals surface area (Å²) in [5.41, 5.74) is 11.7. The van der Waals surface area contributed by atoms with E-state index in [9.17, 15) is 4.79 Å². The van der Waals surface area contributed by atoms with Crippen LogP contribution in [0.4, 0.5) is 5.69 Å². The van der Waals surface area contributed by atoms with Crippen molar-refractivity contribution in [2.24, 2.45) is 5.73 Å². The minimum atomic E-state index is -0.324. The van der Waals surface area contributed by atoms with Crippen LogP contribution in [0.2, 0.25) is 0 Å². The van der Waals surface area contributed by atoms with E-state index in [1.54, 1.807) is 19.2 Å². The Morgan fingerprint density at radius 1 is 1.56 bits per heavy atom. The Bertz CT molecular complexity index is 382. The molecule has 1 atom stereocenters. The summed E-state index contributed by atoms with van der Waals surface area (Å²) in [5, 5.41) is -0.255. The number of primary amides is 1. The van der Waals surface area contributed by atoms with Crippen molar-refractivity contribution in [2.75, 3.05) is 12.8 Å². The lowest BCUT2D eigenvalue weighted by Crippen LogP contribution is -2.24. The van der Waals surface area contributed by atoms with E-state index in [1.165, 1.54) is 11.8 Å². The van der Waals surface area contributed by atoms with Gasteiger partial charge < -0.3 is 16.2 Å². The van der Waals surface area contributed by atoms with Crippen molar-refractivity contribution < 1.29 is 9.53 Å². The van der Waals surface area contributed by atoms with E-state index in [2.05, 4.69) is 0 Å². The maximum Gasteiger partial charge on any atom is 0.230 e. The number of nitrogens with two attached hydrogens (primary N) is 2. The van der Waals surface area contributed by atoms with Crippen LogP contribution in [0.3, 0.4) is 0 Å². The summed E-state index contributed by atoms with van der Waals surface area (Å²) in [6, 6.07) is 5.35. The molecule has 0 aliphatic carbocycles. The number of hydrogen-bond donors (Lipinski definition) is 2. The molecule has 0 fully saturated rings. The zero-order valence-electron chi connectivity index (χ0n) is 9.40. The fourth-order valence-electron chi connectivity index (χ4n) is 1.24. The van der Waals surface area contributed by atoms with Crippen molar-refractivity contribution in [2.45, 2.75) is 23.5 Å². The molecule has 0 aliphatic rings. The predicted octanol–water partition coefficient (Wildman–Crippen LogP) is 1.63. The Morgan fingerprint density at radius 3 is 2.75 bits per heavy atom. The van der Waals surface area contributed by atoms with E-state index >= 15 is 0 Å². The normalized spacial score (nSPS) is 12.1. The van der Waals surface area contributed by atoms with Crippen LogP contribution < -0.4 is 16.2 Å². The summed E-state index contributed by atoms with van der Waals surface area (Å²) < 4.78 is 5.10. The number of amides is 1. The van der Waals surface area contributed by atoms with Gasteiger partial charge in [0, 0.05) is 10.6 Å². The minimum absolute atomic E-state index is 0.255. The maximum absolute atomic E-state index is 11.1. The Hall–Kier alpha value is -1.36. The molecule has 0 aliphatic heterocycles. The van der Waals surface area contributed by atoms with Gasteiger partial charge in [0.25, 0.3) is 0 Å². The van der Waals surface area contributed by atoms with Gasteiger partial charge in [-0.25, -0.2) is 0 Å². The Balaban J connectivity index is 2.90. The van der Waals surface area contributed by atoms with Gasteiger partial charge in [-0.2, -0.15) is 0 Å². The highest BCUT2D eigenvalue weighted by atomic mass is 32.2. The van der Waals surface area contributed by atoms with Crippen LogP contribution in [-0.2, 0) is 4.79 Å². The minimum Gasteiger partial charge on any atom is -0.497 e. The molecule has 5 heteroatoms. The van der Waals surface area contributed by atoms with E-state index in [-0.39, 0.29) is 11.2 Å². The van der Waals surface area contributed by atoms with E-state index in [1.807, 2.05) is 13.0 Å². The molecule has 0 saturated heterocycles. The second kappa shape index (κ2) is 5.65. The molecule has 1 aromatic rings. The molecule has 16 heavy (non-hydrogen) atoms. The lowest BCUT2D eigenvalue weighted by atomic mass is 10.3. The third kappa shape index (κ3) is 3.06. The van der Waals surface area contributed by atoms with Gasteiger partial charge in [-0.3, -0.25) is 4.79 Å². The molecule has 88 valence electrons. The first-order valence-corrected chi connectivity index (χ1v) is 5.86. The van der Waals surface area contributed by atoms with Crippen LogP contribution >= 0.6 is 11.8 Å². The van der Waals surface area contributed by atoms with Gasteiger partial charge in [0.15, 0.2) is 0 Å². The first-order valence-electron chi connectivity index (χ1n) is 4.98. The Kier molecular flexibility index (Phi) is 4.49. The molecule has 1 rings (SSSR count). The predicted molar refractivity (Wildman–Crippen MR) is 66.5 cm³/mol. The van der Waals surface area contributed by atoms with Crippen molar-refractivity contribution in [1.29, 1.82) is 0 Å². The molecule has 4 N–H and O–H groups in total. The van der Waals surface area contributed by atoms with Crippen molar-refractivity contribution in [3.63, 3.8) is 0 Å². The molecule has 1 amide bonds. The maximum atomic E-state index is 11.1. The lowest BCUT2D eigenvalue weighted by molar-refractivity contribution is -0.117. The lowest BCUT2D eigenvalue weighted by Gasteiger charge is -2.13. The summed E-state index contributed by atoms with van der Waals surface area (Å²) in [4.78, 5) is 12.0. The van der Waals surface area contributed by atoms with E-state index in [0.717, 1.165) is 10.6 Å². The van der Waals surface area contributed by atoms with Gasteiger partial charge in [0.05, 0.1) is 12.4 Å². The number of anilines is 1. The van der Waals surface area contributed by atoms with Crippen LogP contribution in [0.5, 0.6) is 5.75 Å². The fraction of sp³-hybridized carbons (Fsp3) is 0.364. The third-order valence-corrected chi connectivity index (χ3v) is 3.64. The number of carbonyl (C=O) groups is 1. The monoisotopic (exact) mass is 240 g/mol. The summed E-state index contributed by atoms with van der Waals surface area (Å²) in [6.45, 7) is 1.92. The number of methoxy groups -OCH3 is 1. The van der Waals surface area contributed by atoms with E-state index in [4.69, 9.17) is 16.2 Å². The number of ether oxygens (including phenoxy) is 1. The SMILES string of the molecule is CCC(Sc1cc(OC)ccc1N)C(N)=O. The average molecular weight is 240 g/mol. The van der Waals surface area contributed by atoms with Crippen molar-refractivity contribution in [1.82, 2.24) is 0 Å². The van der Waals surface area contributed by atoms with Gasteiger partial charge in [-0.15, -0.1) is 11.8 Å². The van der Waals surface area contributed by atoms with Crippen LogP contribution in [-0.4, -0.2) is 18.3 Å². The standard InChI is InChI=1S/C11H16N2O2S/c1-3-9(11(13)14)16-10-6-7(15-2)4-5-8(10)12/h4-6,9H,3,12H2,1-2H3,(H2,13,14). The van der Waals surface area contributed by atoms with Gasteiger partial charge in [-0.05, 0) is 24.6 Å². The molecule has 0 bridgehead atoms. The third-order valence-electron chi connectivity index (χ3n) is 2.18. The molecular weight excluding hydrogens is 224 g/mol. The topological polar surface area (TPSA) is 78.3 Å². The average Bonchev–Trinajstić information content (AvgIpc) is 2.27. The molecule has 0 spiro atoms. The van der Waals surface area contributed by atoms with Gasteiger partial charge >= 0.3 is 0 Å². The van der Waals surface area contributed by atoms with Gasteiger partial charge in [0.1, 0.15) is 5.75 Å². The largest absolute Gasteiger partial charge is 0.497 e. The van der Waals surface area contributed by atoms with Crippen molar-refractivity contribution >= 4 is 23.4 Å². The summed E-state index contributed by atoms with van der Waals surface area (Å²) >= 11 is 1.37. The van der Waals surface area contributed by atoms with Gasteiger partial charge in [0.2, 0.25) is 5.91 Å². The van der Waals surface area contributed by atoms with Crippen LogP contribution in [0.25, 0.3) is 0 Å². The number of rotatable bonds is 5. The number of thioether (sulfide) groups is 1. The molecule has 4 nitrogen and oxygen atoms in total. The van der Waals surface area contributed by atoms with Crippen LogP contribution in [0.1, 0.15) is 13.3 Å². The Labute approximate surface area is 99.3 Å². The molecular formula is C11H16N2O2S. The second-order valence-corrected chi connectivity index (χ2v) is 4.57. The molecule has 0 aromatic heterocycles. The first-order chi connectivity index (χ1) is 7.58. The number of hydrogen-bond acceptors (Lipinski definition) is 4. The number of benzene rings is 1. The summed E-state index contributed by atoms with van der Waals surface area (Å²) in [7, 11) is 1.59. The quantitative estimate of drug-likeness (QED) is 0.605. The zero-order valence-corrected chi connectivity index (χ0v) is 10.2.